The van der Waals surface area contributed by atoms with Crippen molar-refractivity contribution >= 4 is 27.9 Å². The molecule has 1 saturated carbocycles. The molecule has 5 heteroatoms. The third kappa shape index (κ3) is 3.70. The maximum absolute atomic E-state index is 12.6. The number of rotatable bonds is 5. The molecule has 2 fully saturated rings. The molecule has 1 saturated heterocycles. The van der Waals surface area contributed by atoms with Crippen LogP contribution in [0.25, 0.3) is 44.5 Å². The summed E-state index contributed by atoms with van der Waals surface area (Å²) in [6.45, 7) is 4.75. The third-order valence-corrected chi connectivity index (χ3v) is 7.87. The summed E-state index contributed by atoms with van der Waals surface area (Å²) in [6, 6.07) is 23.4. The topological polar surface area (TPSA) is 51.3 Å². The maximum atomic E-state index is 12.6. The summed E-state index contributed by atoms with van der Waals surface area (Å²) in [4.78, 5) is 19.8. The number of hydrogen-bond donors (Lipinski definition) is 0. The number of benzene rings is 3. The minimum absolute atomic E-state index is 0.295. The van der Waals surface area contributed by atoms with Crippen molar-refractivity contribution in [2.24, 2.45) is 11.8 Å². The minimum atomic E-state index is 0.295. The Balaban J connectivity index is 1.22. The van der Waals surface area contributed by atoms with Crippen molar-refractivity contribution in [3.05, 3.63) is 78.6 Å². The number of aromatic nitrogens is 2. The SMILES string of the molecule is Cc1cccc2c1nc(-c1ccc(-c3ccc4occc4c3)cc1)n2C[C@@H]1CCN(C(=O)C2CC2)C1. The van der Waals surface area contributed by atoms with Gasteiger partial charge in [-0.3, -0.25) is 4.79 Å². The van der Waals surface area contributed by atoms with Crippen LogP contribution in [0.15, 0.2) is 77.4 Å². The van der Waals surface area contributed by atoms with Crippen LogP contribution in [0.1, 0.15) is 24.8 Å². The molecule has 0 N–H and O–H groups in total. The molecule has 5 aromatic rings. The zero-order valence-electron chi connectivity index (χ0n) is 20.5. The fourth-order valence-corrected chi connectivity index (χ4v) is 5.68. The van der Waals surface area contributed by atoms with Gasteiger partial charge in [-0.15, -0.1) is 0 Å². The van der Waals surface area contributed by atoms with Crippen LogP contribution in [0.4, 0.5) is 0 Å². The van der Waals surface area contributed by atoms with E-state index in [-0.39, 0.29) is 0 Å². The Morgan fingerprint density at radius 1 is 0.972 bits per heavy atom. The molecule has 2 aliphatic rings. The average molecular weight is 476 g/mol. The van der Waals surface area contributed by atoms with Gasteiger partial charge in [-0.05, 0) is 73.1 Å². The van der Waals surface area contributed by atoms with Crippen molar-refractivity contribution < 1.29 is 9.21 Å². The van der Waals surface area contributed by atoms with Crippen LogP contribution < -0.4 is 0 Å². The van der Waals surface area contributed by atoms with Crippen molar-refractivity contribution in [2.75, 3.05) is 13.1 Å². The van der Waals surface area contributed by atoms with E-state index in [0.717, 1.165) is 66.8 Å². The van der Waals surface area contributed by atoms with Crippen molar-refractivity contribution in [1.82, 2.24) is 14.5 Å². The van der Waals surface area contributed by atoms with Gasteiger partial charge in [0.15, 0.2) is 0 Å². The number of aryl methyl sites for hydroxylation is 1. The number of para-hydroxylation sites is 1. The van der Waals surface area contributed by atoms with Gasteiger partial charge in [-0.2, -0.15) is 0 Å². The molecule has 0 unspecified atom stereocenters. The Morgan fingerprint density at radius 3 is 2.61 bits per heavy atom. The number of likely N-dealkylation sites (tertiary alicyclic amines) is 1. The molecule has 0 bridgehead atoms. The largest absolute Gasteiger partial charge is 0.464 e. The number of hydrogen-bond acceptors (Lipinski definition) is 3. The third-order valence-electron chi connectivity index (χ3n) is 7.87. The molecular weight excluding hydrogens is 446 g/mol. The van der Waals surface area contributed by atoms with Crippen LogP contribution in [0.2, 0.25) is 0 Å². The van der Waals surface area contributed by atoms with E-state index in [2.05, 4.69) is 71.0 Å². The molecule has 0 spiro atoms. The summed E-state index contributed by atoms with van der Waals surface area (Å²) < 4.78 is 7.87. The fraction of sp³-hybridized carbons (Fsp3) is 0.290. The maximum Gasteiger partial charge on any atom is 0.225 e. The molecule has 1 aliphatic heterocycles. The van der Waals surface area contributed by atoms with E-state index in [4.69, 9.17) is 9.40 Å². The molecule has 180 valence electrons. The van der Waals surface area contributed by atoms with Gasteiger partial charge in [0.1, 0.15) is 11.4 Å². The first kappa shape index (κ1) is 21.4. The van der Waals surface area contributed by atoms with Crippen molar-refractivity contribution in [1.29, 1.82) is 0 Å². The summed E-state index contributed by atoms with van der Waals surface area (Å²) >= 11 is 0. The summed E-state index contributed by atoms with van der Waals surface area (Å²) in [6.07, 6.45) is 4.93. The van der Waals surface area contributed by atoms with Gasteiger partial charge in [0.05, 0.1) is 17.3 Å². The van der Waals surface area contributed by atoms with Gasteiger partial charge in [0.25, 0.3) is 0 Å². The summed E-state index contributed by atoms with van der Waals surface area (Å²) in [5.74, 6) is 2.12. The summed E-state index contributed by atoms with van der Waals surface area (Å²) in [7, 11) is 0. The van der Waals surface area contributed by atoms with Gasteiger partial charge >= 0.3 is 0 Å². The van der Waals surface area contributed by atoms with Crippen molar-refractivity contribution in [3.63, 3.8) is 0 Å². The van der Waals surface area contributed by atoms with E-state index in [0.29, 0.717) is 17.7 Å². The van der Waals surface area contributed by atoms with E-state index in [1.54, 1.807) is 6.26 Å². The number of amides is 1. The molecule has 1 amide bonds. The van der Waals surface area contributed by atoms with Gasteiger partial charge in [-0.1, -0.05) is 42.5 Å². The average Bonchev–Trinajstić information content (AvgIpc) is 3.30. The highest BCUT2D eigenvalue weighted by Gasteiger charge is 2.36. The van der Waals surface area contributed by atoms with Crippen LogP contribution in [0, 0.1) is 18.8 Å². The lowest BCUT2D eigenvalue weighted by atomic mass is 10.0. The van der Waals surface area contributed by atoms with Crippen LogP contribution in [0.3, 0.4) is 0 Å². The Morgan fingerprint density at radius 2 is 1.78 bits per heavy atom. The lowest BCUT2D eigenvalue weighted by molar-refractivity contribution is -0.131. The standard InChI is InChI=1S/C31H29N3O2/c1-20-3-2-4-27-29(20)32-30(34(27)19-21-13-15-33(18-21)31(35)24-9-10-24)23-7-5-22(6-8-23)25-11-12-28-26(17-25)14-16-36-28/h2-8,11-12,14,16-17,21,24H,9-10,13,15,18-19H2,1H3/t21-/m1/s1. The van der Waals surface area contributed by atoms with E-state index in [9.17, 15) is 4.79 Å². The molecule has 7 rings (SSSR count). The van der Waals surface area contributed by atoms with E-state index < -0.39 is 0 Å². The molecule has 5 nitrogen and oxygen atoms in total. The zero-order chi connectivity index (χ0) is 24.2. The Kier molecular flexibility index (Phi) is 4.98. The quantitative estimate of drug-likeness (QED) is 0.285. The monoisotopic (exact) mass is 475 g/mol. The fourth-order valence-electron chi connectivity index (χ4n) is 5.68. The van der Waals surface area contributed by atoms with Crippen molar-refractivity contribution in [2.45, 2.75) is 32.7 Å². The lowest BCUT2D eigenvalue weighted by Gasteiger charge is -2.18. The second-order valence-electron chi connectivity index (χ2n) is 10.5. The highest BCUT2D eigenvalue weighted by atomic mass is 16.3. The number of nitrogens with zero attached hydrogens (tertiary/aromatic N) is 3. The highest BCUT2D eigenvalue weighted by molar-refractivity contribution is 5.86. The molecule has 36 heavy (non-hydrogen) atoms. The van der Waals surface area contributed by atoms with Crippen LogP contribution in [-0.4, -0.2) is 33.4 Å². The van der Waals surface area contributed by atoms with Crippen LogP contribution >= 0.6 is 0 Å². The molecule has 3 heterocycles. The minimum Gasteiger partial charge on any atom is -0.464 e. The smallest absolute Gasteiger partial charge is 0.225 e. The summed E-state index contributed by atoms with van der Waals surface area (Å²) in [5.41, 5.74) is 7.79. The molecule has 1 aliphatic carbocycles. The Hall–Kier alpha value is -3.86. The Bertz CT molecular complexity index is 1590. The molecule has 0 radical (unpaired) electrons. The van der Waals surface area contributed by atoms with Gasteiger partial charge in [0.2, 0.25) is 5.91 Å². The first-order valence-corrected chi connectivity index (χ1v) is 13.0. The molecule has 3 aromatic carbocycles. The predicted octanol–water partition coefficient (Wildman–Crippen LogP) is 6.68. The van der Waals surface area contributed by atoms with Gasteiger partial charge in [-0.25, -0.2) is 4.98 Å². The number of furan rings is 1. The van der Waals surface area contributed by atoms with E-state index in [1.807, 2.05) is 12.1 Å². The van der Waals surface area contributed by atoms with E-state index in [1.165, 1.54) is 22.2 Å². The molecule has 1 atom stereocenters. The number of carbonyl (C=O) groups is 1. The first-order chi connectivity index (χ1) is 17.6. The highest BCUT2D eigenvalue weighted by Crippen LogP contribution is 2.35. The van der Waals surface area contributed by atoms with Crippen molar-refractivity contribution in [3.8, 4) is 22.5 Å². The predicted molar refractivity (Wildman–Crippen MR) is 143 cm³/mol. The second kappa shape index (κ2) is 8.37. The van der Waals surface area contributed by atoms with Gasteiger partial charge < -0.3 is 13.9 Å². The number of carbonyl (C=O) groups excluding carboxylic acids is 1. The number of imidazole rings is 1. The number of fused-ring (bicyclic) bond motifs is 2. The first-order valence-electron chi connectivity index (χ1n) is 13.0. The summed E-state index contributed by atoms with van der Waals surface area (Å²) in [5, 5.41) is 1.11. The van der Waals surface area contributed by atoms with Gasteiger partial charge in [0, 0.05) is 36.5 Å². The zero-order valence-corrected chi connectivity index (χ0v) is 20.5. The van der Waals surface area contributed by atoms with Crippen LogP contribution in [0.5, 0.6) is 0 Å². The van der Waals surface area contributed by atoms with E-state index >= 15 is 0 Å². The molecule has 2 aromatic heterocycles. The lowest BCUT2D eigenvalue weighted by Crippen LogP contribution is -2.30. The normalized spacial score (nSPS) is 17.9. The molecular formula is C31H29N3O2. The van der Waals surface area contributed by atoms with Crippen LogP contribution in [-0.2, 0) is 11.3 Å². The second-order valence-corrected chi connectivity index (χ2v) is 10.5. The Labute approximate surface area is 210 Å².